The molecule has 1 aromatic carbocycles. The fourth-order valence-electron chi connectivity index (χ4n) is 2.62. The van der Waals surface area contributed by atoms with E-state index >= 15 is 0 Å². The number of para-hydroxylation sites is 1. The van der Waals surface area contributed by atoms with Crippen LogP contribution in [0.5, 0.6) is 0 Å². The molecular formula is C17H20O5S. The third kappa shape index (κ3) is 3.54. The minimum atomic E-state index is -1.36. The van der Waals surface area contributed by atoms with E-state index in [0.29, 0.717) is 28.9 Å². The number of hydrogen-bond donors (Lipinski definition) is 0. The SMILES string of the molecule is CCS(=O)c1oc2ccccc2c(=O)c1COC1CCCCO1. The lowest BCUT2D eigenvalue weighted by Crippen LogP contribution is -2.24. The van der Waals surface area contributed by atoms with Gasteiger partial charge in [0.2, 0.25) is 0 Å². The maximum atomic E-state index is 12.7. The topological polar surface area (TPSA) is 65.7 Å². The molecule has 0 spiro atoms. The molecule has 1 saturated heterocycles. The molecule has 6 heteroatoms. The fraction of sp³-hybridized carbons (Fsp3) is 0.471. The first-order chi connectivity index (χ1) is 11.2. The Bertz CT molecular complexity index is 761. The number of fused-ring (bicyclic) bond motifs is 1. The predicted octanol–water partition coefficient (Wildman–Crippen LogP) is 2.96. The van der Waals surface area contributed by atoms with E-state index in [2.05, 4.69) is 0 Å². The molecule has 2 aromatic rings. The molecule has 124 valence electrons. The third-order valence-electron chi connectivity index (χ3n) is 3.88. The van der Waals surface area contributed by atoms with Crippen LogP contribution in [-0.4, -0.2) is 22.9 Å². The van der Waals surface area contributed by atoms with Gasteiger partial charge in [-0.1, -0.05) is 19.1 Å². The van der Waals surface area contributed by atoms with Gasteiger partial charge in [0, 0.05) is 12.4 Å². The zero-order chi connectivity index (χ0) is 16.2. The molecule has 1 fully saturated rings. The lowest BCUT2D eigenvalue weighted by molar-refractivity contribution is -0.169. The van der Waals surface area contributed by atoms with Crippen LogP contribution in [0.1, 0.15) is 31.7 Å². The van der Waals surface area contributed by atoms with Gasteiger partial charge in [-0.05, 0) is 31.4 Å². The minimum Gasteiger partial charge on any atom is -0.447 e. The summed E-state index contributed by atoms with van der Waals surface area (Å²) in [6.45, 7) is 2.52. The molecule has 2 unspecified atom stereocenters. The Morgan fingerprint density at radius 2 is 2.13 bits per heavy atom. The van der Waals surface area contributed by atoms with Gasteiger partial charge in [-0.2, -0.15) is 0 Å². The standard InChI is InChI=1S/C17H20O5S/c1-2-23(19)17-13(11-21-15-9-5-6-10-20-15)16(18)12-7-3-4-8-14(12)22-17/h3-4,7-8,15H,2,5-6,9-11H2,1H3. The Morgan fingerprint density at radius 1 is 1.30 bits per heavy atom. The molecule has 0 N–H and O–H groups in total. The molecule has 0 radical (unpaired) electrons. The largest absolute Gasteiger partial charge is 0.447 e. The minimum absolute atomic E-state index is 0.0545. The van der Waals surface area contributed by atoms with Gasteiger partial charge in [-0.25, -0.2) is 0 Å². The average molecular weight is 336 g/mol. The highest BCUT2D eigenvalue weighted by Gasteiger charge is 2.21. The van der Waals surface area contributed by atoms with Crippen molar-refractivity contribution in [3.8, 4) is 0 Å². The molecule has 0 saturated carbocycles. The molecule has 2 atom stereocenters. The second-order valence-electron chi connectivity index (χ2n) is 5.43. The Labute approximate surface area is 137 Å². The van der Waals surface area contributed by atoms with Crippen molar-refractivity contribution < 1.29 is 18.1 Å². The molecule has 0 amide bonds. The van der Waals surface area contributed by atoms with Crippen LogP contribution >= 0.6 is 0 Å². The maximum absolute atomic E-state index is 12.7. The van der Waals surface area contributed by atoms with Gasteiger partial charge in [0.1, 0.15) is 5.58 Å². The van der Waals surface area contributed by atoms with Crippen molar-refractivity contribution in [3.05, 3.63) is 40.1 Å². The van der Waals surface area contributed by atoms with E-state index in [1.54, 1.807) is 31.2 Å². The summed E-state index contributed by atoms with van der Waals surface area (Å²) in [5.74, 6) is 0.383. The highest BCUT2D eigenvalue weighted by molar-refractivity contribution is 7.84. The van der Waals surface area contributed by atoms with Crippen molar-refractivity contribution in [1.29, 1.82) is 0 Å². The van der Waals surface area contributed by atoms with E-state index in [-0.39, 0.29) is 23.4 Å². The van der Waals surface area contributed by atoms with Crippen LogP contribution in [0.2, 0.25) is 0 Å². The summed E-state index contributed by atoms with van der Waals surface area (Å²) in [4.78, 5) is 12.7. The summed E-state index contributed by atoms with van der Waals surface area (Å²) in [5, 5.41) is 0.694. The summed E-state index contributed by atoms with van der Waals surface area (Å²) in [7, 11) is -1.36. The number of hydrogen-bond acceptors (Lipinski definition) is 5. The van der Waals surface area contributed by atoms with E-state index in [1.165, 1.54) is 0 Å². The predicted molar refractivity (Wildman–Crippen MR) is 87.8 cm³/mol. The second kappa shape index (κ2) is 7.38. The van der Waals surface area contributed by atoms with Crippen LogP contribution in [0.3, 0.4) is 0 Å². The maximum Gasteiger partial charge on any atom is 0.200 e. The van der Waals surface area contributed by atoms with Gasteiger partial charge in [-0.3, -0.25) is 9.00 Å². The van der Waals surface area contributed by atoms with Gasteiger partial charge in [-0.15, -0.1) is 0 Å². The normalized spacial score (nSPS) is 19.8. The summed E-state index contributed by atoms with van der Waals surface area (Å²) in [6.07, 6.45) is 2.58. The van der Waals surface area contributed by atoms with E-state index in [1.807, 2.05) is 0 Å². The Hall–Kier alpha value is -1.50. The lowest BCUT2D eigenvalue weighted by atomic mass is 10.2. The van der Waals surface area contributed by atoms with Crippen molar-refractivity contribution in [2.24, 2.45) is 0 Å². The second-order valence-corrected chi connectivity index (χ2v) is 7.07. The Kier molecular flexibility index (Phi) is 5.25. The fourth-order valence-corrected chi connectivity index (χ4v) is 3.49. The van der Waals surface area contributed by atoms with Crippen LogP contribution in [0.25, 0.3) is 11.0 Å². The van der Waals surface area contributed by atoms with Crippen LogP contribution in [0.15, 0.2) is 38.6 Å². The summed E-state index contributed by atoms with van der Waals surface area (Å²) in [5.41, 5.74) is 0.601. The van der Waals surface area contributed by atoms with Crippen molar-refractivity contribution >= 4 is 21.8 Å². The molecule has 3 rings (SSSR count). The summed E-state index contributed by atoms with van der Waals surface area (Å²) in [6, 6.07) is 6.99. The molecule has 1 aliphatic heterocycles. The number of ether oxygens (including phenoxy) is 2. The molecule has 1 aliphatic rings. The Balaban J connectivity index is 1.97. The van der Waals surface area contributed by atoms with E-state index < -0.39 is 10.8 Å². The number of benzene rings is 1. The van der Waals surface area contributed by atoms with Crippen molar-refractivity contribution in [2.45, 2.75) is 44.2 Å². The third-order valence-corrected chi connectivity index (χ3v) is 5.14. The smallest absolute Gasteiger partial charge is 0.200 e. The first-order valence-corrected chi connectivity index (χ1v) is 9.19. The van der Waals surface area contributed by atoms with E-state index in [4.69, 9.17) is 13.9 Å². The first kappa shape index (κ1) is 16.4. The van der Waals surface area contributed by atoms with Crippen molar-refractivity contribution in [1.82, 2.24) is 0 Å². The average Bonchev–Trinajstić information content (AvgIpc) is 2.61. The summed E-state index contributed by atoms with van der Waals surface area (Å²) < 4.78 is 29.3. The van der Waals surface area contributed by atoms with Crippen LogP contribution in [-0.2, 0) is 26.9 Å². The summed E-state index contributed by atoms with van der Waals surface area (Å²) >= 11 is 0. The van der Waals surface area contributed by atoms with Gasteiger partial charge < -0.3 is 13.9 Å². The zero-order valence-electron chi connectivity index (χ0n) is 13.1. The highest BCUT2D eigenvalue weighted by Crippen LogP contribution is 2.21. The van der Waals surface area contributed by atoms with Gasteiger partial charge in [0.05, 0.1) is 28.4 Å². The molecule has 0 aliphatic carbocycles. The van der Waals surface area contributed by atoms with Gasteiger partial charge in [0.15, 0.2) is 16.8 Å². The molecule has 5 nitrogen and oxygen atoms in total. The molecule has 1 aromatic heterocycles. The van der Waals surface area contributed by atoms with Gasteiger partial charge >= 0.3 is 0 Å². The van der Waals surface area contributed by atoms with Crippen molar-refractivity contribution in [3.63, 3.8) is 0 Å². The molecular weight excluding hydrogens is 316 g/mol. The van der Waals surface area contributed by atoms with Crippen molar-refractivity contribution in [2.75, 3.05) is 12.4 Å². The zero-order valence-corrected chi connectivity index (χ0v) is 13.9. The Morgan fingerprint density at radius 3 is 2.87 bits per heavy atom. The number of rotatable bonds is 5. The van der Waals surface area contributed by atoms with Gasteiger partial charge in [0.25, 0.3) is 0 Å². The molecule has 23 heavy (non-hydrogen) atoms. The lowest BCUT2D eigenvalue weighted by Gasteiger charge is -2.22. The highest BCUT2D eigenvalue weighted by atomic mass is 32.2. The molecule has 2 heterocycles. The quantitative estimate of drug-likeness (QED) is 0.840. The van der Waals surface area contributed by atoms with E-state index in [0.717, 1.165) is 19.3 Å². The monoisotopic (exact) mass is 336 g/mol. The van der Waals surface area contributed by atoms with E-state index in [9.17, 15) is 9.00 Å². The first-order valence-electron chi connectivity index (χ1n) is 7.87. The van der Waals surface area contributed by atoms with Crippen LogP contribution in [0, 0.1) is 0 Å². The molecule has 0 bridgehead atoms. The van der Waals surface area contributed by atoms with Crippen LogP contribution in [0.4, 0.5) is 0 Å². The van der Waals surface area contributed by atoms with Crippen LogP contribution < -0.4 is 5.43 Å².